The average Bonchev–Trinajstić information content (AvgIpc) is 2.33. The monoisotopic (exact) mass is 259 g/mol. The van der Waals surface area contributed by atoms with E-state index in [1.165, 1.54) is 5.56 Å². The first-order valence-electron chi connectivity index (χ1n) is 6.02. The third kappa shape index (κ3) is 2.34. The van der Waals surface area contributed by atoms with Crippen molar-refractivity contribution in [2.24, 2.45) is 0 Å². The highest BCUT2D eigenvalue weighted by Crippen LogP contribution is 2.25. The molecule has 2 rings (SSSR count). The number of aromatic nitrogens is 3. The third-order valence-corrected chi connectivity index (χ3v) is 3.42. The Morgan fingerprint density at radius 3 is 2.61 bits per heavy atom. The molecule has 0 spiro atoms. The summed E-state index contributed by atoms with van der Waals surface area (Å²) in [6, 6.07) is 2.00. The Hall–Kier alpha value is -1.55. The fourth-order valence-corrected chi connectivity index (χ4v) is 2.02. The molecule has 18 heavy (non-hydrogen) atoms. The van der Waals surface area contributed by atoms with Crippen molar-refractivity contribution in [3.8, 4) is 11.3 Å². The summed E-state index contributed by atoms with van der Waals surface area (Å²) in [5, 5.41) is 0. The second-order valence-corrected chi connectivity index (χ2v) is 5.16. The maximum atomic E-state index is 5.34. The van der Waals surface area contributed by atoms with Crippen molar-refractivity contribution in [1.82, 2.24) is 15.0 Å². The Labute approximate surface area is 112 Å². The van der Waals surface area contributed by atoms with E-state index in [-0.39, 0.29) is 0 Å². The zero-order valence-corrected chi connectivity index (χ0v) is 11.9. The molecule has 0 bridgehead atoms. The van der Waals surface area contributed by atoms with Gasteiger partial charge >= 0.3 is 0 Å². The van der Waals surface area contributed by atoms with Crippen molar-refractivity contribution in [3.05, 3.63) is 40.1 Å². The summed E-state index contributed by atoms with van der Waals surface area (Å²) >= 11 is 5.34. The summed E-state index contributed by atoms with van der Waals surface area (Å²) in [5.74, 6) is 1.24. The number of rotatable bonds is 2. The summed E-state index contributed by atoms with van der Waals surface area (Å²) in [6.45, 7) is 8.27. The van der Waals surface area contributed by atoms with Crippen molar-refractivity contribution in [1.29, 1.82) is 0 Å². The molecular formula is C14H17N3S. The molecule has 0 unspecified atom stereocenters. The highest BCUT2D eigenvalue weighted by Gasteiger charge is 2.11. The first kappa shape index (κ1) is 12.9. The van der Waals surface area contributed by atoms with E-state index in [1.54, 1.807) is 6.20 Å². The Morgan fingerprint density at radius 2 is 2.00 bits per heavy atom. The number of pyridine rings is 1. The van der Waals surface area contributed by atoms with Crippen LogP contribution in [0, 0.1) is 18.5 Å². The minimum absolute atomic E-state index is 0.322. The molecule has 3 nitrogen and oxygen atoms in total. The first-order valence-corrected chi connectivity index (χ1v) is 6.43. The van der Waals surface area contributed by atoms with E-state index in [9.17, 15) is 0 Å². The molecule has 0 amide bonds. The molecule has 0 aromatic carbocycles. The van der Waals surface area contributed by atoms with E-state index < -0.39 is 0 Å². The van der Waals surface area contributed by atoms with Crippen LogP contribution in [-0.2, 0) is 0 Å². The lowest BCUT2D eigenvalue weighted by Gasteiger charge is -2.13. The molecule has 94 valence electrons. The van der Waals surface area contributed by atoms with Crippen molar-refractivity contribution >= 4 is 12.2 Å². The fraction of sp³-hybridized carbons (Fsp3) is 0.357. The quantitative estimate of drug-likeness (QED) is 0.830. The van der Waals surface area contributed by atoms with Crippen molar-refractivity contribution < 1.29 is 0 Å². The van der Waals surface area contributed by atoms with Gasteiger partial charge in [-0.25, -0.2) is 4.98 Å². The fourth-order valence-electron chi connectivity index (χ4n) is 1.82. The van der Waals surface area contributed by atoms with E-state index in [0.717, 1.165) is 22.6 Å². The summed E-state index contributed by atoms with van der Waals surface area (Å²) in [7, 11) is 0. The second kappa shape index (κ2) is 4.98. The standard InChI is InChI=1S/C14H17N3S/c1-8(2)13-16-12(10(4)14(18)17-13)11-7-15-6-5-9(11)3/h5-8H,1-4H3,(H,16,17,18). The molecule has 0 aliphatic heterocycles. The molecule has 0 radical (unpaired) electrons. The van der Waals surface area contributed by atoms with Gasteiger partial charge in [0.25, 0.3) is 0 Å². The SMILES string of the molecule is Cc1ccncc1-c1[nH]c(C(C)C)nc(=S)c1C. The Kier molecular flexibility index (Phi) is 3.57. The molecule has 0 aliphatic rings. The summed E-state index contributed by atoms with van der Waals surface area (Å²) < 4.78 is 0.663. The van der Waals surface area contributed by atoms with Gasteiger partial charge in [0.15, 0.2) is 0 Å². The van der Waals surface area contributed by atoms with Gasteiger partial charge in [-0.2, -0.15) is 0 Å². The van der Waals surface area contributed by atoms with Crippen LogP contribution in [0.4, 0.5) is 0 Å². The maximum absolute atomic E-state index is 5.34. The largest absolute Gasteiger partial charge is 0.343 e. The normalized spacial score (nSPS) is 10.9. The smallest absolute Gasteiger partial charge is 0.133 e. The van der Waals surface area contributed by atoms with Crippen LogP contribution in [0.5, 0.6) is 0 Å². The van der Waals surface area contributed by atoms with E-state index in [1.807, 2.05) is 19.2 Å². The predicted molar refractivity (Wildman–Crippen MR) is 76.2 cm³/mol. The first-order chi connectivity index (χ1) is 8.50. The van der Waals surface area contributed by atoms with Gasteiger partial charge in [0, 0.05) is 29.4 Å². The van der Waals surface area contributed by atoms with E-state index in [4.69, 9.17) is 12.2 Å². The molecule has 2 heterocycles. The minimum atomic E-state index is 0.322. The van der Waals surface area contributed by atoms with Gasteiger partial charge in [-0.05, 0) is 25.5 Å². The van der Waals surface area contributed by atoms with Gasteiger partial charge < -0.3 is 4.98 Å². The van der Waals surface area contributed by atoms with E-state index in [2.05, 4.69) is 35.7 Å². The van der Waals surface area contributed by atoms with Crippen molar-refractivity contribution in [2.45, 2.75) is 33.6 Å². The number of hydrogen-bond donors (Lipinski definition) is 1. The zero-order valence-electron chi connectivity index (χ0n) is 11.1. The third-order valence-electron chi connectivity index (χ3n) is 3.03. The number of aromatic amines is 1. The molecule has 0 fully saturated rings. The van der Waals surface area contributed by atoms with Crippen LogP contribution >= 0.6 is 12.2 Å². The highest BCUT2D eigenvalue weighted by atomic mass is 32.1. The van der Waals surface area contributed by atoms with Crippen LogP contribution in [0.25, 0.3) is 11.3 Å². The number of hydrogen-bond acceptors (Lipinski definition) is 3. The molecule has 0 saturated heterocycles. The molecule has 0 atom stereocenters. The summed E-state index contributed by atoms with van der Waals surface area (Å²) in [4.78, 5) is 12.0. The van der Waals surface area contributed by atoms with Crippen molar-refractivity contribution in [3.63, 3.8) is 0 Å². The van der Waals surface area contributed by atoms with Crippen molar-refractivity contribution in [2.75, 3.05) is 0 Å². The van der Waals surface area contributed by atoms with E-state index in [0.29, 0.717) is 10.6 Å². The van der Waals surface area contributed by atoms with Crippen LogP contribution in [0.15, 0.2) is 18.5 Å². The highest BCUT2D eigenvalue weighted by molar-refractivity contribution is 7.71. The number of nitrogens with one attached hydrogen (secondary N) is 1. The van der Waals surface area contributed by atoms with Crippen LogP contribution in [-0.4, -0.2) is 15.0 Å². The molecular weight excluding hydrogens is 242 g/mol. The Balaban J connectivity index is 2.71. The number of H-pyrrole nitrogens is 1. The predicted octanol–water partition coefficient (Wildman–Crippen LogP) is 3.94. The zero-order chi connectivity index (χ0) is 13.3. The lowest BCUT2D eigenvalue weighted by Crippen LogP contribution is -2.03. The summed E-state index contributed by atoms with van der Waals surface area (Å²) in [6.07, 6.45) is 3.67. The molecule has 4 heteroatoms. The van der Waals surface area contributed by atoms with Gasteiger partial charge in [0.2, 0.25) is 0 Å². The molecule has 2 aromatic heterocycles. The van der Waals surface area contributed by atoms with Gasteiger partial charge in [0.1, 0.15) is 10.5 Å². The second-order valence-electron chi connectivity index (χ2n) is 4.77. The minimum Gasteiger partial charge on any atom is -0.343 e. The average molecular weight is 259 g/mol. The van der Waals surface area contributed by atoms with Gasteiger partial charge in [0.05, 0.1) is 5.69 Å². The van der Waals surface area contributed by atoms with Crippen LogP contribution < -0.4 is 0 Å². The Bertz CT molecular complexity index is 629. The topological polar surface area (TPSA) is 41.6 Å². The molecule has 2 aromatic rings. The number of aryl methyl sites for hydroxylation is 1. The molecule has 1 N–H and O–H groups in total. The van der Waals surface area contributed by atoms with Gasteiger partial charge in [-0.15, -0.1) is 0 Å². The lowest BCUT2D eigenvalue weighted by molar-refractivity contribution is 0.770. The van der Waals surface area contributed by atoms with E-state index >= 15 is 0 Å². The van der Waals surface area contributed by atoms with Crippen LogP contribution in [0.2, 0.25) is 0 Å². The molecule has 0 aliphatic carbocycles. The lowest BCUT2D eigenvalue weighted by atomic mass is 10.0. The van der Waals surface area contributed by atoms with Crippen LogP contribution in [0.1, 0.15) is 36.7 Å². The maximum Gasteiger partial charge on any atom is 0.133 e. The van der Waals surface area contributed by atoms with Gasteiger partial charge in [-0.3, -0.25) is 4.98 Å². The van der Waals surface area contributed by atoms with Crippen LogP contribution in [0.3, 0.4) is 0 Å². The number of nitrogens with zero attached hydrogens (tertiary/aromatic N) is 2. The molecule has 0 saturated carbocycles. The Morgan fingerprint density at radius 1 is 1.28 bits per heavy atom. The summed E-state index contributed by atoms with van der Waals surface area (Å²) in [5.41, 5.74) is 4.31. The van der Waals surface area contributed by atoms with Gasteiger partial charge in [-0.1, -0.05) is 26.1 Å².